The van der Waals surface area contributed by atoms with Gasteiger partial charge in [0.05, 0.1) is 24.4 Å². The number of carbonyl (C=O) groups excluding carboxylic acids is 1. The minimum absolute atomic E-state index is 0.0402. The molecule has 0 spiro atoms. The molecular weight excluding hydrogens is 433 g/mol. The van der Waals surface area contributed by atoms with Crippen molar-refractivity contribution >= 4 is 57.5 Å². The lowest BCUT2D eigenvalue weighted by atomic mass is 10.1. The number of thiophene rings is 2. The number of carbonyl (C=O) groups is 1. The fraction of sp³-hybridized carbons (Fsp3) is 0.286. The van der Waals surface area contributed by atoms with Gasteiger partial charge in [0.2, 0.25) is 5.91 Å². The van der Waals surface area contributed by atoms with Gasteiger partial charge in [-0.05, 0) is 47.9 Å². The maximum atomic E-state index is 12.3. The molecule has 0 aliphatic carbocycles. The van der Waals surface area contributed by atoms with Crippen molar-refractivity contribution < 1.29 is 9.53 Å². The number of alkyl halides is 2. The minimum Gasteiger partial charge on any atom is -0.496 e. The minimum atomic E-state index is -0.107. The van der Waals surface area contributed by atoms with Crippen LogP contribution in [0.5, 0.6) is 5.75 Å². The van der Waals surface area contributed by atoms with Crippen molar-refractivity contribution in [2.75, 3.05) is 17.9 Å². The monoisotopic (exact) mass is 455 g/mol. The molecule has 0 radical (unpaired) electrons. The normalized spacial score (nSPS) is 10.2. The highest BCUT2D eigenvalue weighted by Gasteiger charge is 2.21. The Labute approximate surface area is 184 Å². The van der Waals surface area contributed by atoms with Crippen molar-refractivity contribution in [1.82, 2.24) is 0 Å². The molecule has 3 aromatic rings. The lowest BCUT2D eigenvalue weighted by Crippen LogP contribution is -2.32. The molecule has 3 rings (SSSR count). The first-order chi connectivity index (χ1) is 13.5. The van der Waals surface area contributed by atoms with E-state index in [1.54, 1.807) is 34.7 Å². The van der Waals surface area contributed by atoms with Crippen molar-refractivity contribution in [3.05, 3.63) is 68.0 Å². The summed E-state index contributed by atoms with van der Waals surface area (Å²) in [5, 5.41) is 3.99. The number of amides is 1. The molecule has 7 heteroatoms. The number of halogens is 2. The number of ether oxygens (including phenoxy) is 1. The summed E-state index contributed by atoms with van der Waals surface area (Å²) in [5.74, 6) is 1.31. The molecule has 0 atom stereocenters. The Balaban J connectivity index is 0.000000336. The average Bonchev–Trinajstić information content (AvgIpc) is 3.38. The lowest BCUT2D eigenvalue weighted by molar-refractivity contribution is -0.116. The molecule has 0 aliphatic heterocycles. The summed E-state index contributed by atoms with van der Waals surface area (Å²) in [4.78, 5) is 16.3. The van der Waals surface area contributed by atoms with Crippen molar-refractivity contribution in [1.29, 1.82) is 0 Å². The van der Waals surface area contributed by atoms with E-state index in [1.807, 2.05) is 61.0 Å². The van der Waals surface area contributed by atoms with Crippen molar-refractivity contribution in [3.8, 4) is 5.75 Å². The standard InChI is InChI=1S/C16H18ClNO2S.C5H5ClS/c1-11-5-4-6-12(2)16(11)18(15(19)9-17)10-14-13(20-3)7-8-21-14;6-4-5-2-1-3-7-5/h4-8H,9-10H2,1-3H3;1-3H,4H2. The molecule has 3 nitrogen and oxygen atoms in total. The van der Waals surface area contributed by atoms with Crippen LogP contribution in [-0.4, -0.2) is 18.9 Å². The van der Waals surface area contributed by atoms with Crippen LogP contribution in [0.3, 0.4) is 0 Å². The summed E-state index contributed by atoms with van der Waals surface area (Å²) in [5.41, 5.74) is 3.05. The maximum absolute atomic E-state index is 12.3. The number of benzene rings is 1. The third-order valence-electron chi connectivity index (χ3n) is 4.06. The second-order valence-electron chi connectivity index (χ2n) is 5.98. The number of rotatable bonds is 6. The zero-order valence-corrected chi connectivity index (χ0v) is 19.2. The first-order valence-corrected chi connectivity index (χ1v) is 11.5. The largest absolute Gasteiger partial charge is 0.496 e. The quantitative estimate of drug-likeness (QED) is 0.390. The van der Waals surface area contributed by atoms with Crippen LogP contribution in [0.4, 0.5) is 5.69 Å². The van der Waals surface area contributed by atoms with E-state index in [2.05, 4.69) is 0 Å². The Hall–Kier alpha value is -1.53. The van der Waals surface area contributed by atoms with E-state index >= 15 is 0 Å². The molecule has 0 saturated carbocycles. The third kappa shape index (κ3) is 5.98. The zero-order valence-electron chi connectivity index (χ0n) is 16.1. The summed E-state index contributed by atoms with van der Waals surface area (Å²) in [6.45, 7) is 4.48. The molecule has 0 bridgehead atoms. The van der Waals surface area contributed by atoms with Gasteiger partial charge in [0, 0.05) is 10.6 Å². The van der Waals surface area contributed by atoms with E-state index in [0.717, 1.165) is 27.4 Å². The predicted molar refractivity (Wildman–Crippen MR) is 123 cm³/mol. The number of para-hydroxylation sites is 1. The van der Waals surface area contributed by atoms with Gasteiger partial charge >= 0.3 is 0 Å². The van der Waals surface area contributed by atoms with E-state index < -0.39 is 0 Å². The highest BCUT2D eigenvalue weighted by Crippen LogP contribution is 2.31. The van der Waals surface area contributed by atoms with E-state index in [9.17, 15) is 4.79 Å². The van der Waals surface area contributed by atoms with Gasteiger partial charge in [-0.25, -0.2) is 0 Å². The van der Waals surface area contributed by atoms with Crippen molar-refractivity contribution in [2.24, 2.45) is 0 Å². The predicted octanol–water partition coefficient (Wildman–Crippen LogP) is 6.63. The summed E-state index contributed by atoms with van der Waals surface area (Å²) in [6, 6.07) is 11.9. The second kappa shape index (κ2) is 11.5. The van der Waals surface area contributed by atoms with Crippen LogP contribution >= 0.6 is 45.9 Å². The molecule has 2 heterocycles. The topological polar surface area (TPSA) is 29.5 Å². The van der Waals surface area contributed by atoms with Crippen molar-refractivity contribution in [3.63, 3.8) is 0 Å². The molecule has 150 valence electrons. The van der Waals surface area contributed by atoms with Crippen molar-refractivity contribution in [2.45, 2.75) is 26.3 Å². The van der Waals surface area contributed by atoms with Gasteiger partial charge in [0.1, 0.15) is 11.6 Å². The second-order valence-corrected chi connectivity index (χ2v) is 8.55. The van der Waals surface area contributed by atoms with Crippen LogP contribution in [0, 0.1) is 13.8 Å². The molecule has 28 heavy (non-hydrogen) atoms. The maximum Gasteiger partial charge on any atom is 0.242 e. The Bertz CT molecular complexity index is 858. The van der Waals surface area contributed by atoms with Crippen LogP contribution in [0.1, 0.15) is 20.9 Å². The Morgan fingerprint density at radius 2 is 1.75 bits per heavy atom. The average molecular weight is 456 g/mol. The molecule has 1 amide bonds. The summed E-state index contributed by atoms with van der Waals surface area (Å²) >= 11 is 14.5. The number of aryl methyl sites for hydroxylation is 2. The number of nitrogens with zero attached hydrogens (tertiary/aromatic N) is 1. The third-order valence-corrected chi connectivity index (χ3v) is 6.50. The molecule has 0 fully saturated rings. The molecule has 0 N–H and O–H groups in total. The molecule has 0 saturated heterocycles. The van der Waals surface area contributed by atoms with Crippen LogP contribution in [0.15, 0.2) is 47.2 Å². The first kappa shape index (κ1) is 22.8. The fourth-order valence-corrected chi connectivity index (χ4v) is 4.56. The number of methoxy groups -OCH3 is 1. The van der Waals surface area contributed by atoms with Gasteiger partial charge in [0.25, 0.3) is 0 Å². The Kier molecular flexibility index (Phi) is 9.32. The van der Waals surface area contributed by atoms with Crippen LogP contribution in [-0.2, 0) is 17.2 Å². The SMILES string of the molecule is COc1ccsc1CN(C(=O)CCl)c1c(C)cccc1C.ClCc1cccs1. The van der Waals surface area contributed by atoms with Gasteiger partial charge in [-0.15, -0.1) is 45.9 Å². The van der Waals surface area contributed by atoms with Crippen LogP contribution in [0.2, 0.25) is 0 Å². The van der Waals surface area contributed by atoms with Crippen LogP contribution in [0.25, 0.3) is 0 Å². The van der Waals surface area contributed by atoms with Crippen LogP contribution < -0.4 is 9.64 Å². The molecule has 2 aromatic heterocycles. The highest BCUT2D eigenvalue weighted by atomic mass is 35.5. The smallest absolute Gasteiger partial charge is 0.242 e. The van der Waals surface area contributed by atoms with E-state index in [-0.39, 0.29) is 11.8 Å². The van der Waals surface area contributed by atoms with E-state index in [4.69, 9.17) is 27.9 Å². The summed E-state index contributed by atoms with van der Waals surface area (Å²) < 4.78 is 5.34. The van der Waals surface area contributed by atoms with Gasteiger partial charge in [0.15, 0.2) is 0 Å². The van der Waals surface area contributed by atoms with E-state index in [1.165, 1.54) is 4.88 Å². The molecule has 1 aromatic carbocycles. The van der Waals surface area contributed by atoms with Gasteiger partial charge < -0.3 is 9.64 Å². The van der Waals surface area contributed by atoms with Gasteiger partial charge in [-0.3, -0.25) is 4.79 Å². The molecular formula is C21H23Cl2NO2S2. The number of hydrogen-bond donors (Lipinski definition) is 0. The summed E-state index contributed by atoms with van der Waals surface area (Å²) in [7, 11) is 1.64. The fourth-order valence-electron chi connectivity index (χ4n) is 2.75. The van der Waals surface area contributed by atoms with E-state index in [0.29, 0.717) is 12.4 Å². The molecule has 0 unspecified atom stereocenters. The number of anilines is 1. The Morgan fingerprint density at radius 3 is 2.25 bits per heavy atom. The first-order valence-electron chi connectivity index (χ1n) is 8.63. The summed E-state index contributed by atoms with van der Waals surface area (Å²) in [6.07, 6.45) is 0. The van der Waals surface area contributed by atoms with Gasteiger partial charge in [-0.1, -0.05) is 24.3 Å². The lowest BCUT2D eigenvalue weighted by Gasteiger charge is -2.25. The molecule has 0 aliphatic rings. The zero-order chi connectivity index (χ0) is 20.5. The number of hydrogen-bond acceptors (Lipinski definition) is 4. The van der Waals surface area contributed by atoms with Gasteiger partial charge in [-0.2, -0.15) is 0 Å². The Morgan fingerprint density at radius 1 is 1.04 bits per heavy atom. The highest BCUT2D eigenvalue weighted by molar-refractivity contribution is 7.10.